The van der Waals surface area contributed by atoms with Crippen LogP contribution in [0.25, 0.3) is 0 Å². The fraction of sp³-hybridized carbons (Fsp3) is 0.923. The first-order valence-corrected chi connectivity index (χ1v) is 6.66. The molecular formula is C13H23F3O2. The van der Waals surface area contributed by atoms with E-state index in [2.05, 4.69) is 4.74 Å². The van der Waals surface area contributed by atoms with Crippen molar-refractivity contribution in [1.29, 1.82) is 0 Å². The zero-order valence-electron chi connectivity index (χ0n) is 11.2. The molecule has 0 fully saturated rings. The average Bonchev–Trinajstić information content (AvgIpc) is 2.29. The Morgan fingerprint density at radius 1 is 1.06 bits per heavy atom. The summed E-state index contributed by atoms with van der Waals surface area (Å²) < 4.78 is 42.6. The van der Waals surface area contributed by atoms with Crippen LogP contribution in [0.4, 0.5) is 13.2 Å². The number of carbonyl (C=O) groups excluding carboxylic acids is 1. The van der Waals surface area contributed by atoms with Crippen LogP contribution in [0.3, 0.4) is 0 Å². The predicted octanol–water partition coefficient (Wildman–Crippen LogP) is 4.48. The summed E-state index contributed by atoms with van der Waals surface area (Å²) in [5, 5.41) is 0. The Labute approximate surface area is 107 Å². The van der Waals surface area contributed by atoms with E-state index in [0.717, 1.165) is 25.7 Å². The highest BCUT2D eigenvalue weighted by molar-refractivity contribution is 5.73. The average molecular weight is 268 g/mol. The van der Waals surface area contributed by atoms with Crippen LogP contribution in [0.5, 0.6) is 0 Å². The standard InChI is InChI=1S/C13H23F3O2/c1-3-5-6-7-8-9-11(13(14,15)16)12(17)18-10-4-2/h11H,3-10H2,1-2H3. The van der Waals surface area contributed by atoms with Crippen molar-refractivity contribution in [3.05, 3.63) is 0 Å². The third kappa shape index (κ3) is 7.56. The van der Waals surface area contributed by atoms with E-state index in [1.165, 1.54) is 0 Å². The molecule has 0 heterocycles. The molecule has 108 valence electrons. The molecule has 0 radical (unpaired) electrons. The quantitative estimate of drug-likeness (QED) is 0.455. The number of hydrogen-bond acceptors (Lipinski definition) is 2. The van der Waals surface area contributed by atoms with Gasteiger partial charge in [-0.15, -0.1) is 0 Å². The first kappa shape index (κ1) is 17.3. The largest absolute Gasteiger partial charge is 0.465 e. The summed E-state index contributed by atoms with van der Waals surface area (Å²) in [6.45, 7) is 3.85. The summed E-state index contributed by atoms with van der Waals surface area (Å²) in [5.74, 6) is -3.08. The number of unbranched alkanes of at least 4 members (excludes halogenated alkanes) is 4. The molecule has 0 bridgehead atoms. The van der Waals surface area contributed by atoms with E-state index in [-0.39, 0.29) is 13.0 Å². The van der Waals surface area contributed by atoms with Gasteiger partial charge in [-0.25, -0.2) is 0 Å². The van der Waals surface area contributed by atoms with Crippen molar-refractivity contribution in [3.63, 3.8) is 0 Å². The molecule has 5 heteroatoms. The van der Waals surface area contributed by atoms with Gasteiger partial charge < -0.3 is 4.74 Å². The molecule has 0 amide bonds. The number of halogens is 3. The summed E-state index contributed by atoms with van der Waals surface area (Å²) in [7, 11) is 0. The lowest BCUT2D eigenvalue weighted by atomic mass is 10.00. The Morgan fingerprint density at radius 2 is 1.67 bits per heavy atom. The Bertz CT molecular complexity index is 227. The number of rotatable bonds is 9. The van der Waals surface area contributed by atoms with Crippen molar-refractivity contribution in [2.45, 2.75) is 65.0 Å². The second-order valence-electron chi connectivity index (χ2n) is 4.46. The van der Waals surface area contributed by atoms with E-state index in [1.807, 2.05) is 6.92 Å². The van der Waals surface area contributed by atoms with Gasteiger partial charge in [0.25, 0.3) is 0 Å². The summed E-state index contributed by atoms with van der Waals surface area (Å²) in [6.07, 6.45) is 0.0360. The smallest absolute Gasteiger partial charge is 0.402 e. The molecule has 18 heavy (non-hydrogen) atoms. The van der Waals surface area contributed by atoms with Gasteiger partial charge in [-0.2, -0.15) is 13.2 Å². The van der Waals surface area contributed by atoms with E-state index < -0.39 is 18.1 Å². The normalized spacial score (nSPS) is 13.4. The van der Waals surface area contributed by atoms with E-state index in [4.69, 9.17) is 0 Å². The molecule has 0 saturated heterocycles. The summed E-state index contributed by atoms with van der Waals surface area (Å²) in [4.78, 5) is 11.3. The van der Waals surface area contributed by atoms with Crippen molar-refractivity contribution in [2.75, 3.05) is 6.61 Å². The van der Waals surface area contributed by atoms with Gasteiger partial charge in [0.05, 0.1) is 6.61 Å². The summed E-state index contributed by atoms with van der Waals surface area (Å²) in [5.41, 5.74) is 0. The number of carbonyl (C=O) groups is 1. The Balaban J connectivity index is 4.12. The van der Waals surface area contributed by atoms with Crippen molar-refractivity contribution >= 4 is 5.97 Å². The minimum absolute atomic E-state index is 0.0568. The molecule has 0 N–H and O–H groups in total. The van der Waals surface area contributed by atoms with Gasteiger partial charge in [0.15, 0.2) is 5.92 Å². The minimum Gasteiger partial charge on any atom is -0.465 e. The fourth-order valence-electron chi connectivity index (χ4n) is 1.67. The first-order valence-electron chi connectivity index (χ1n) is 6.66. The summed E-state index contributed by atoms with van der Waals surface area (Å²) in [6, 6.07) is 0. The molecule has 0 aromatic rings. The van der Waals surface area contributed by atoms with E-state index in [9.17, 15) is 18.0 Å². The van der Waals surface area contributed by atoms with Crippen LogP contribution in [0.15, 0.2) is 0 Å². The van der Waals surface area contributed by atoms with Gasteiger partial charge in [-0.3, -0.25) is 4.79 Å². The molecule has 0 aliphatic rings. The van der Waals surface area contributed by atoms with Crippen LogP contribution in [-0.4, -0.2) is 18.8 Å². The molecule has 1 atom stereocenters. The second kappa shape index (κ2) is 9.22. The zero-order valence-corrected chi connectivity index (χ0v) is 11.2. The minimum atomic E-state index is -4.49. The Morgan fingerprint density at radius 3 is 2.17 bits per heavy atom. The van der Waals surface area contributed by atoms with E-state index in [1.54, 1.807) is 6.92 Å². The SMILES string of the molecule is CCCCCCCC(C(=O)OCCC)C(F)(F)F. The lowest BCUT2D eigenvalue weighted by Gasteiger charge is -2.18. The molecule has 0 rings (SSSR count). The first-order chi connectivity index (χ1) is 8.43. The fourth-order valence-corrected chi connectivity index (χ4v) is 1.67. The van der Waals surface area contributed by atoms with Crippen LogP contribution in [0.1, 0.15) is 58.8 Å². The number of esters is 1. The number of alkyl halides is 3. The maximum absolute atomic E-state index is 12.7. The topological polar surface area (TPSA) is 26.3 Å². The van der Waals surface area contributed by atoms with Gasteiger partial charge in [-0.05, 0) is 12.8 Å². The maximum atomic E-state index is 12.7. The van der Waals surface area contributed by atoms with Crippen LogP contribution >= 0.6 is 0 Å². The molecule has 0 aromatic heterocycles. The van der Waals surface area contributed by atoms with Crippen LogP contribution in [0.2, 0.25) is 0 Å². The highest BCUT2D eigenvalue weighted by atomic mass is 19.4. The van der Waals surface area contributed by atoms with Crippen molar-refractivity contribution in [3.8, 4) is 0 Å². The Hall–Kier alpha value is -0.740. The van der Waals surface area contributed by atoms with E-state index in [0.29, 0.717) is 12.8 Å². The van der Waals surface area contributed by atoms with Gasteiger partial charge in [0.1, 0.15) is 0 Å². The third-order valence-electron chi connectivity index (χ3n) is 2.72. The van der Waals surface area contributed by atoms with Crippen LogP contribution < -0.4 is 0 Å². The second-order valence-corrected chi connectivity index (χ2v) is 4.46. The molecule has 1 unspecified atom stereocenters. The van der Waals surface area contributed by atoms with Crippen molar-refractivity contribution < 1.29 is 22.7 Å². The van der Waals surface area contributed by atoms with Gasteiger partial charge >= 0.3 is 12.1 Å². The summed E-state index contributed by atoms with van der Waals surface area (Å²) >= 11 is 0. The molecule has 0 aliphatic carbocycles. The zero-order chi connectivity index (χ0) is 14.0. The van der Waals surface area contributed by atoms with Gasteiger partial charge in [0.2, 0.25) is 0 Å². The Kier molecular flexibility index (Phi) is 8.85. The van der Waals surface area contributed by atoms with Crippen molar-refractivity contribution in [2.24, 2.45) is 5.92 Å². The van der Waals surface area contributed by atoms with E-state index >= 15 is 0 Å². The maximum Gasteiger partial charge on any atom is 0.402 e. The molecule has 0 saturated carbocycles. The molecule has 0 aliphatic heterocycles. The molecule has 0 aromatic carbocycles. The highest BCUT2D eigenvalue weighted by Gasteiger charge is 2.45. The number of hydrogen-bond donors (Lipinski definition) is 0. The van der Waals surface area contributed by atoms with Gasteiger partial charge in [-0.1, -0.05) is 46.0 Å². The number of ether oxygens (including phenoxy) is 1. The third-order valence-corrected chi connectivity index (χ3v) is 2.72. The predicted molar refractivity (Wildman–Crippen MR) is 64.2 cm³/mol. The molecular weight excluding hydrogens is 245 g/mol. The van der Waals surface area contributed by atoms with Gasteiger partial charge in [0, 0.05) is 0 Å². The highest BCUT2D eigenvalue weighted by Crippen LogP contribution is 2.31. The van der Waals surface area contributed by atoms with Crippen LogP contribution in [0, 0.1) is 5.92 Å². The molecule has 0 spiro atoms. The lowest BCUT2D eigenvalue weighted by Crippen LogP contribution is -2.32. The monoisotopic (exact) mass is 268 g/mol. The lowest BCUT2D eigenvalue weighted by molar-refractivity contribution is -0.199. The molecule has 2 nitrogen and oxygen atoms in total. The van der Waals surface area contributed by atoms with Crippen molar-refractivity contribution in [1.82, 2.24) is 0 Å². The van der Waals surface area contributed by atoms with Crippen LogP contribution in [-0.2, 0) is 9.53 Å².